The van der Waals surface area contributed by atoms with E-state index in [-0.39, 0.29) is 5.92 Å². The van der Waals surface area contributed by atoms with Gasteiger partial charge in [-0.15, -0.1) is 0 Å². The van der Waals surface area contributed by atoms with E-state index in [2.05, 4.69) is 6.92 Å². The summed E-state index contributed by atoms with van der Waals surface area (Å²) >= 11 is 1.61. The van der Waals surface area contributed by atoms with E-state index >= 15 is 0 Å². The van der Waals surface area contributed by atoms with Crippen molar-refractivity contribution in [3.05, 3.63) is 0 Å². The van der Waals surface area contributed by atoms with Gasteiger partial charge in [-0.3, -0.25) is 0 Å². The molecule has 0 aliphatic heterocycles. The van der Waals surface area contributed by atoms with Crippen molar-refractivity contribution in [3.8, 4) is 0 Å². The Balaban J connectivity index is 3.21. The Kier molecular flexibility index (Phi) is 6.47. The summed E-state index contributed by atoms with van der Waals surface area (Å²) < 4.78 is 0.340. The van der Waals surface area contributed by atoms with Crippen LogP contribution in [-0.4, -0.2) is 26.1 Å². The zero-order chi connectivity index (χ0) is 7.98. The number of carbonyl (C=O) groups excluding carboxylic acids is 1. The zero-order valence-electron chi connectivity index (χ0n) is 6.72. The molecule has 0 saturated heterocycles. The van der Waals surface area contributed by atoms with Crippen LogP contribution in [0.3, 0.4) is 0 Å². The fourth-order valence-corrected chi connectivity index (χ4v) is 1.15. The van der Waals surface area contributed by atoms with E-state index in [1.807, 2.05) is 6.92 Å². The Labute approximate surface area is 76.5 Å². The molecule has 1 radical (unpaired) electrons. The topological polar surface area (TPSA) is 17.1 Å². The quantitative estimate of drug-likeness (QED) is 0.541. The van der Waals surface area contributed by atoms with E-state index in [1.54, 1.807) is 22.3 Å². The molecule has 0 aromatic heterocycles. The minimum atomic E-state index is 0.288. The van der Waals surface area contributed by atoms with Crippen molar-refractivity contribution in [2.24, 2.45) is 5.92 Å². The molecule has 1 unspecified atom stereocenters. The van der Waals surface area contributed by atoms with Gasteiger partial charge in [0.25, 0.3) is 0 Å². The standard InChI is InChI=1S/C8H15OTe/c1-3-4-5-6-7(2)8(9)10/h7H,3-6H2,1-2H3. The SMILES string of the molecule is CCCCCC(C)C(=O)[Te]. The molecule has 0 aliphatic carbocycles. The number of rotatable bonds is 5. The van der Waals surface area contributed by atoms with Gasteiger partial charge in [-0.25, -0.2) is 0 Å². The molecule has 0 amide bonds. The summed E-state index contributed by atoms with van der Waals surface area (Å²) in [5.41, 5.74) is 0. The number of unbranched alkanes of at least 4 members (excludes halogenated alkanes) is 2. The van der Waals surface area contributed by atoms with Crippen LogP contribution in [0.1, 0.15) is 39.5 Å². The van der Waals surface area contributed by atoms with Gasteiger partial charge in [0.2, 0.25) is 0 Å². The second kappa shape index (κ2) is 6.19. The van der Waals surface area contributed by atoms with Crippen LogP contribution in [-0.2, 0) is 4.79 Å². The molecule has 0 spiro atoms. The van der Waals surface area contributed by atoms with Gasteiger partial charge in [-0.2, -0.15) is 0 Å². The summed E-state index contributed by atoms with van der Waals surface area (Å²) in [4.78, 5) is 10.7. The van der Waals surface area contributed by atoms with E-state index in [9.17, 15) is 4.79 Å². The van der Waals surface area contributed by atoms with Gasteiger partial charge in [-0.1, -0.05) is 0 Å². The second-order valence-corrected chi connectivity index (χ2v) is 3.86. The molecule has 1 nitrogen and oxygen atoms in total. The van der Waals surface area contributed by atoms with Crippen molar-refractivity contribution in [1.82, 2.24) is 0 Å². The van der Waals surface area contributed by atoms with Crippen molar-refractivity contribution >= 4 is 26.1 Å². The van der Waals surface area contributed by atoms with Gasteiger partial charge in [0.15, 0.2) is 0 Å². The molecule has 10 heavy (non-hydrogen) atoms. The van der Waals surface area contributed by atoms with Crippen LogP contribution in [0.2, 0.25) is 0 Å². The molecular formula is C8H15OTe. The first-order chi connectivity index (χ1) is 4.68. The molecule has 0 heterocycles. The molecule has 0 fully saturated rings. The third-order valence-corrected chi connectivity index (χ3v) is 2.79. The van der Waals surface area contributed by atoms with Crippen LogP contribution in [0.5, 0.6) is 0 Å². The molecule has 59 valence electrons. The Morgan fingerprint density at radius 1 is 1.50 bits per heavy atom. The minimum absolute atomic E-state index is 0.288. The summed E-state index contributed by atoms with van der Waals surface area (Å²) in [7, 11) is 0. The van der Waals surface area contributed by atoms with E-state index in [4.69, 9.17) is 0 Å². The molecule has 0 rings (SSSR count). The normalized spacial score (nSPS) is 13.0. The number of carbonyl (C=O) groups is 1. The van der Waals surface area contributed by atoms with Gasteiger partial charge >= 0.3 is 76.4 Å². The third kappa shape index (κ3) is 5.26. The number of hydrogen-bond donors (Lipinski definition) is 0. The average molecular weight is 255 g/mol. The maximum atomic E-state index is 10.7. The predicted molar refractivity (Wildman–Crippen MR) is 44.1 cm³/mol. The van der Waals surface area contributed by atoms with Gasteiger partial charge in [0.05, 0.1) is 0 Å². The van der Waals surface area contributed by atoms with Gasteiger partial charge < -0.3 is 0 Å². The van der Waals surface area contributed by atoms with E-state index in [1.165, 1.54) is 19.3 Å². The van der Waals surface area contributed by atoms with E-state index < -0.39 is 0 Å². The summed E-state index contributed by atoms with van der Waals surface area (Å²) in [5.74, 6) is 0.288. The molecule has 0 aromatic rings. The first kappa shape index (κ1) is 10.5. The fourth-order valence-electron chi connectivity index (χ4n) is 0.818. The molecule has 1 atom stereocenters. The Hall–Kier alpha value is 0.460. The van der Waals surface area contributed by atoms with Crippen molar-refractivity contribution in [3.63, 3.8) is 0 Å². The van der Waals surface area contributed by atoms with Gasteiger partial charge in [0.1, 0.15) is 0 Å². The Morgan fingerprint density at radius 2 is 2.10 bits per heavy atom. The Morgan fingerprint density at radius 3 is 2.50 bits per heavy atom. The van der Waals surface area contributed by atoms with Crippen molar-refractivity contribution < 1.29 is 4.79 Å². The first-order valence-electron chi connectivity index (χ1n) is 3.89. The predicted octanol–water partition coefficient (Wildman–Crippen LogP) is 1.90. The van der Waals surface area contributed by atoms with Gasteiger partial charge in [-0.05, 0) is 0 Å². The van der Waals surface area contributed by atoms with Crippen molar-refractivity contribution in [2.75, 3.05) is 0 Å². The maximum absolute atomic E-state index is 10.7. The van der Waals surface area contributed by atoms with Crippen molar-refractivity contribution in [2.45, 2.75) is 39.5 Å². The third-order valence-electron chi connectivity index (χ3n) is 1.64. The molecule has 0 bridgehead atoms. The van der Waals surface area contributed by atoms with Crippen LogP contribution in [0.25, 0.3) is 0 Å². The van der Waals surface area contributed by atoms with Crippen LogP contribution in [0.4, 0.5) is 0 Å². The van der Waals surface area contributed by atoms with E-state index in [0.717, 1.165) is 6.42 Å². The Bertz CT molecular complexity index is 101. The summed E-state index contributed by atoms with van der Waals surface area (Å²) in [5, 5.41) is 0. The molecule has 0 aromatic carbocycles. The van der Waals surface area contributed by atoms with E-state index in [0.29, 0.717) is 3.83 Å². The van der Waals surface area contributed by atoms with Crippen LogP contribution in [0, 0.1) is 5.92 Å². The summed E-state index contributed by atoms with van der Waals surface area (Å²) in [6.07, 6.45) is 4.79. The molecule has 0 N–H and O–H groups in total. The monoisotopic (exact) mass is 257 g/mol. The van der Waals surface area contributed by atoms with Crippen LogP contribution < -0.4 is 0 Å². The van der Waals surface area contributed by atoms with Crippen molar-refractivity contribution in [1.29, 1.82) is 0 Å². The first-order valence-corrected chi connectivity index (χ1v) is 5.05. The number of hydrogen-bond acceptors (Lipinski definition) is 1. The van der Waals surface area contributed by atoms with Crippen LogP contribution >= 0.6 is 0 Å². The second-order valence-electron chi connectivity index (χ2n) is 2.72. The summed E-state index contributed by atoms with van der Waals surface area (Å²) in [6.45, 7) is 4.19. The van der Waals surface area contributed by atoms with Crippen LogP contribution in [0.15, 0.2) is 0 Å². The molecular weight excluding hydrogens is 240 g/mol. The summed E-state index contributed by atoms with van der Waals surface area (Å²) in [6, 6.07) is 0. The molecule has 0 aliphatic rings. The van der Waals surface area contributed by atoms with Gasteiger partial charge in [0, 0.05) is 0 Å². The fraction of sp³-hybridized carbons (Fsp3) is 0.875. The zero-order valence-corrected chi connectivity index (χ0v) is 9.05. The molecule has 0 saturated carbocycles. The average Bonchev–Trinajstić information content (AvgIpc) is 1.88. The molecule has 2 heteroatoms.